The summed E-state index contributed by atoms with van der Waals surface area (Å²) in [6.07, 6.45) is 0. The first-order valence-electron chi connectivity index (χ1n) is 8.37. The van der Waals surface area contributed by atoms with E-state index in [2.05, 4.69) is 36.2 Å². The van der Waals surface area contributed by atoms with Crippen LogP contribution in [0.25, 0.3) is 11.2 Å². The highest BCUT2D eigenvalue weighted by Gasteiger charge is 2.24. The Morgan fingerprint density at radius 1 is 1.26 bits per heavy atom. The number of fused-ring (bicyclic) bond motifs is 1. The molecule has 8 nitrogen and oxygen atoms in total. The van der Waals surface area contributed by atoms with E-state index >= 15 is 0 Å². The predicted molar refractivity (Wildman–Crippen MR) is 105 cm³/mol. The van der Waals surface area contributed by atoms with E-state index in [1.165, 1.54) is 4.57 Å². The van der Waals surface area contributed by atoms with Crippen LogP contribution in [0.3, 0.4) is 0 Å². The molecule has 0 atom stereocenters. The third-order valence-corrected chi connectivity index (χ3v) is 4.41. The van der Waals surface area contributed by atoms with Gasteiger partial charge in [0.2, 0.25) is 5.95 Å². The number of hydrogen-bond donors (Lipinski definition) is 2. The van der Waals surface area contributed by atoms with Crippen molar-refractivity contribution >= 4 is 39.0 Å². The van der Waals surface area contributed by atoms with Crippen molar-refractivity contribution in [3.63, 3.8) is 0 Å². The Hall–Kier alpha value is -2.68. The van der Waals surface area contributed by atoms with Crippen LogP contribution in [0, 0.1) is 5.41 Å². The van der Waals surface area contributed by atoms with Crippen LogP contribution in [0.4, 0.5) is 5.95 Å². The number of aromatic nitrogens is 4. The molecule has 2 N–H and O–H groups in total. The number of esters is 1. The number of nitrogens with one attached hydrogen (secondary N) is 2. The van der Waals surface area contributed by atoms with Gasteiger partial charge in [0.05, 0.1) is 5.41 Å². The van der Waals surface area contributed by atoms with E-state index < -0.39 is 5.41 Å². The fraction of sp³-hybridized carbons (Fsp3) is 0.333. The summed E-state index contributed by atoms with van der Waals surface area (Å²) in [5.74, 6) is -0.0537. The number of hydrogen-bond acceptors (Lipinski definition) is 6. The molecule has 0 aliphatic heterocycles. The molecule has 0 fully saturated rings. The van der Waals surface area contributed by atoms with Gasteiger partial charge >= 0.3 is 5.97 Å². The highest BCUT2D eigenvalue weighted by atomic mass is 79.9. The summed E-state index contributed by atoms with van der Waals surface area (Å²) in [7, 11) is 0. The maximum Gasteiger partial charge on any atom is 0.312 e. The molecular formula is C18H20BrN5O3. The molecule has 142 valence electrons. The molecule has 3 aromatic rings. The van der Waals surface area contributed by atoms with Gasteiger partial charge in [-0.25, -0.2) is 4.98 Å². The summed E-state index contributed by atoms with van der Waals surface area (Å²) in [5.41, 5.74) is 0.533. The quantitative estimate of drug-likeness (QED) is 0.473. The molecule has 0 saturated heterocycles. The maximum atomic E-state index is 12.5. The maximum absolute atomic E-state index is 12.5. The van der Waals surface area contributed by atoms with E-state index in [0.717, 1.165) is 5.56 Å². The summed E-state index contributed by atoms with van der Waals surface area (Å²) < 4.78 is 7.11. The number of benzene rings is 1. The van der Waals surface area contributed by atoms with E-state index in [9.17, 15) is 9.59 Å². The number of ether oxygens (including phenoxy) is 1. The molecule has 1 aromatic carbocycles. The van der Waals surface area contributed by atoms with Crippen molar-refractivity contribution in [2.24, 2.45) is 5.41 Å². The van der Waals surface area contributed by atoms with E-state index in [-0.39, 0.29) is 29.4 Å². The van der Waals surface area contributed by atoms with Crippen LogP contribution < -0.4 is 10.9 Å². The molecule has 2 heterocycles. The van der Waals surface area contributed by atoms with Crippen LogP contribution in [0.15, 0.2) is 39.9 Å². The van der Waals surface area contributed by atoms with Gasteiger partial charge in [-0.3, -0.25) is 19.1 Å². The lowest BCUT2D eigenvalue weighted by Gasteiger charge is -2.17. The lowest BCUT2D eigenvalue weighted by atomic mass is 9.98. The van der Waals surface area contributed by atoms with Crippen LogP contribution in [0.2, 0.25) is 0 Å². The second-order valence-corrected chi connectivity index (χ2v) is 7.75. The fourth-order valence-corrected chi connectivity index (χ4v) is 2.79. The minimum absolute atomic E-state index is 0.130. The molecule has 0 amide bonds. The predicted octanol–water partition coefficient (Wildman–Crippen LogP) is 3.04. The van der Waals surface area contributed by atoms with Crippen molar-refractivity contribution in [2.45, 2.75) is 34.0 Å². The summed E-state index contributed by atoms with van der Waals surface area (Å²) in [6.45, 7) is 5.66. The van der Waals surface area contributed by atoms with E-state index in [1.807, 2.05) is 30.3 Å². The molecule has 0 radical (unpaired) electrons. The molecule has 0 bridgehead atoms. The first-order chi connectivity index (χ1) is 12.8. The Balaban J connectivity index is 1.83. The van der Waals surface area contributed by atoms with Crippen molar-refractivity contribution < 1.29 is 9.53 Å². The Morgan fingerprint density at radius 2 is 1.96 bits per heavy atom. The van der Waals surface area contributed by atoms with Crippen LogP contribution in [-0.4, -0.2) is 25.5 Å². The second-order valence-electron chi connectivity index (χ2n) is 7.05. The minimum atomic E-state index is -0.637. The smallest absolute Gasteiger partial charge is 0.312 e. The molecule has 27 heavy (non-hydrogen) atoms. The normalized spacial score (nSPS) is 11.6. The average Bonchev–Trinajstić information content (AvgIpc) is 2.93. The van der Waals surface area contributed by atoms with Crippen molar-refractivity contribution in [3.8, 4) is 0 Å². The Kier molecular flexibility index (Phi) is 5.31. The molecule has 0 unspecified atom stereocenters. The number of imidazole rings is 1. The van der Waals surface area contributed by atoms with Gasteiger partial charge < -0.3 is 10.1 Å². The molecule has 9 heteroatoms. The topological polar surface area (TPSA) is 102 Å². The number of H-pyrrole nitrogens is 1. The third-order valence-electron chi connectivity index (χ3n) is 3.81. The van der Waals surface area contributed by atoms with E-state index in [4.69, 9.17) is 4.74 Å². The summed E-state index contributed by atoms with van der Waals surface area (Å²) >= 11 is 3.29. The number of carbonyl (C=O) groups is 1. The van der Waals surface area contributed by atoms with Gasteiger partial charge in [-0.05, 0) is 42.3 Å². The third kappa shape index (κ3) is 4.36. The van der Waals surface area contributed by atoms with Crippen molar-refractivity contribution in [1.29, 1.82) is 0 Å². The van der Waals surface area contributed by atoms with E-state index in [0.29, 0.717) is 17.2 Å². The van der Waals surface area contributed by atoms with Gasteiger partial charge in [-0.15, -0.1) is 0 Å². The number of carbonyl (C=O) groups excluding carboxylic acids is 1. The molecule has 0 aliphatic carbocycles. The number of rotatable bonds is 5. The average molecular weight is 434 g/mol. The molecule has 0 saturated carbocycles. The van der Waals surface area contributed by atoms with Gasteiger partial charge in [0.15, 0.2) is 22.6 Å². The Labute approximate surface area is 164 Å². The largest absolute Gasteiger partial charge is 0.443 e. The number of halogens is 1. The van der Waals surface area contributed by atoms with Crippen LogP contribution >= 0.6 is 15.9 Å². The van der Waals surface area contributed by atoms with Crippen LogP contribution in [0.5, 0.6) is 0 Å². The monoisotopic (exact) mass is 433 g/mol. The lowest BCUT2D eigenvalue weighted by molar-refractivity contribution is -0.156. The van der Waals surface area contributed by atoms with Crippen LogP contribution in [0.1, 0.15) is 26.3 Å². The van der Waals surface area contributed by atoms with Gasteiger partial charge in [0.1, 0.15) is 0 Å². The van der Waals surface area contributed by atoms with Gasteiger partial charge in [-0.2, -0.15) is 4.98 Å². The first kappa shape index (κ1) is 19.1. The van der Waals surface area contributed by atoms with Crippen molar-refractivity contribution in [2.75, 3.05) is 5.32 Å². The number of nitrogens with zero attached hydrogens (tertiary/aromatic N) is 3. The van der Waals surface area contributed by atoms with Crippen molar-refractivity contribution in [1.82, 2.24) is 19.5 Å². The van der Waals surface area contributed by atoms with Gasteiger partial charge in [0, 0.05) is 6.54 Å². The Morgan fingerprint density at radius 3 is 2.63 bits per heavy atom. The lowest BCUT2D eigenvalue weighted by Crippen LogP contribution is -2.25. The zero-order valence-corrected chi connectivity index (χ0v) is 16.8. The summed E-state index contributed by atoms with van der Waals surface area (Å²) in [5, 5.41) is 3.08. The zero-order valence-electron chi connectivity index (χ0n) is 15.2. The highest BCUT2D eigenvalue weighted by molar-refractivity contribution is 9.10. The van der Waals surface area contributed by atoms with Crippen molar-refractivity contribution in [3.05, 3.63) is 51.0 Å². The fourth-order valence-electron chi connectivity index (χ4n) is 2.34. The highest BCUT2D eigenvalue weighted by Crippen LogP contribution is 2.19. The SMILES string of the molecule is CC(C)(C)C(=O)OCn1c(Br)nc2nc(NCc3ccccc3)[nH]c(=O)c21. The minimum Gasteiger partial charge on any atom is -0.443 e. The summed E-state index contributed by atoms with van der Waals surface area (Å²) in [6, 6.07) is 9.76. The molecular weight excluding hydrogens is 414 g/mol. The Bertz CT molecular complexity index is 1020. The molecule has 3 rings (SSSR count). The van der Waals surface area contributed by atoms with E-state index in [1.54, 1.807) is 20.8 Å². The zero-order chi connectivity index (χ0) is 19.6. The van der Waals surface area contributed by atoms with Gasteiger partial charge in [-0.1, -0.05) is 30.3 Å². The number of aromatic amines is 1. The first-order valence-corrected chi connectivity index (χ1v) is 9.16. The molecule has 0 spiro atoms. The second kappa shape index (κ2) is 7.51. The number of anilines is 1. The van der Waals surface area contributed by atoms with Gasteiger partial charge in [0.25, 0.3) is 5.56 Å². The standard InChI is InChI=1S/C18H20BrN5O3/c1-18(2,3)15(26)27-10-24-12-13(21-16(24)19)22-17(23-14(12)25)20-9-11-7-5-4-6-8-11/h4-8H,9-10H2,1-3H3,(H2,20,22,23,25). The van der Waals surface area contributed by atoms with Crippen LogP contribution in [-0.2, 0) is 22.8 Å². The summed E-state index contributed by atoms with van der Waals surface area (Å²) in [4.78, 5) is 35.8. The molecule has 0 aliphatic rings. The molecule has 2 aromatic heterocycles.